The fourth-order valence-electron chi connectivity index (χ4n) is 1.31. The number of nitro benzene ring substituents is 1. The van der Waals surface area contributed by atoms with E-state index in [1.54, 1.807) is 0 Å². The molecule has 7 heteroatoms. The van der Waals surface area contributed by atoms with Crippen molar-refractivity contribution in [3.8, 4) is 0 Å². The molecule has 1 aromatic rings. The van der Waals surface area contributed by atoms with Gasteiger partial charge in [-0.2, -0.15) is 0 Å². The van der Waals surface area contributed by atoms with Crippen molar-refractivity contribution in [2.45, 2.75) is 6.42 Å². The summed E-state index contributed by atoms with van der Waals surface area (Å²) in [4.78, 5) is 21.4. The number of benzene rings is 1. The summed E-state index contributed by atoms with van der Waals surface area (Å²) in [7, 11) is 1.22. The van der Waals surface area contributed by atoms with Crippen LogP contribution >= 0.6 is 0 Å². The van der Waals surface area contributed by atoms with Crippen molar-refractivity contribution in [1.82, 2.24) is 0 Å². The number of esters is 1. The summed E-state index contributed by atoms with van der Waals surface area (Å²) in [6.45, 7) is 0. The van der Waals surface area contributed by atoms with Gasteiger partial charge in [-0.05, 0) is 12.1 Å². The number of methoxy groups -OCH3 is 1. The van der Waals surface area contributed by atoms with Crippen LogP contribution < -0.4 is 0 Å². The summed E-state index contributed by atoms with van der Waals surface area (Å²) in [5.41, 5.74) is 0.340. The van der Waals surface area contributed by atoms with Gasteiger partial charge >= 0.3 is 5.97 Å². The molecule has 0 aromatic heterocycles. The predicted octanol–water partition coefficient (Wildman–Crippen LogP) is 1.38. The fourth-order valence-corrected chi connectivity index (χ4v) is 1.31. The van der Waals surface area contributed by atoms with Crippen LogP contribution in [0.25, 0.3) is 0 Å². The van der Waals surface area contributed by atoms with Crippen molar-refractivity contribution in [2.75, 3.05) is 7.11 Å². The molecule has 0 saturated carbocycles. The van der Waals surface area contributed by atoms with E-state index in [0.29, 0.717) is 0 Å². The molecule has 17 heavy (non-hydrogen) atoms. The maximum atomic E-state index is 11.2. The van der Waals surface area contributed by atoms with Gasteiger partial charge in [0.1, 0.15) is 0 Å². The fraction of sp³-hybridized carbons (Fsp3) is 0.200. The van der Waals surface area contributed by atoms with Gasteiger partial charge in [0.05, 0.1) is 17.6 Å². The Labute approximate surface area is 96.5 Å². The monoisotopic (exact) mass is 238 g/mol. The molecule has 0 aliphatic carbocycles. The van der Waals surface area contributed by atoms with E-state index < -0.39 is 10.9 Å². The molecule has 0 saturated heterocycles. The highest BCUT2D eigenvalue weighted by molar-refractivity contribution is 5.90. The van der Waals surface area contributed by atoms with Gasteiger partial charge in [-0.25, -0.2) is 4.79 Å². The molecule has 1 aromatic carbocycles. The molecule has 0 aliphatic heterocycles. The third-order valence-corrected chi connectivity index (χ3v) is 2.09. The molecule has 0 bridgehead atoms. The molecule has 7 nitrogen and oxygen atoms in total. The van der Waals surface area contributed by atoms with E-state index in [1.165, 1.54) is 25.3 Å². The average Bonchev–Trinajstić information content (AvgIpc) is 2.34. The Morgan fingerprint density at radius 1 is 1.65 bits per heavy atom. The van der Waals surface area contributed by atoms with Gasteiger partial charge in [0.15, 0.2) is 0 Å². The van der Waals surface area contributed by atoms with E-state index in [0.717, 1.165) is 6.21 Å². The molecule has 0 fully saturated rings. The maximum absolute atomic E-state index is 11.2. The third-order valence-electron chi connectivity index (χ3n) is 2.09. The normalized spacial score (nSPS) is 10.4. The van der Waals surface area contributed by atoms with Gasteiger partial charge in [-0.15, -0.1) is 5.16 Å². The van der Waals surface area contributed by atoms with E-state index in [2.05, 4.69) is 9.89 Å². The number of hydrogen-bond donors (Lipinski definition) is 1. The summed E-state index contributed by atoms with van der Waals surface area (Å²) in [5, 5.41) is 21.8. The molecule has 0 radical (unpaired) electrons. The molecule has 0 heterocycles. The lowest BCUT2D eigenvalue weighted by Crippen LogP contribution is -2.04. The van der Waals surface area contributed by atoms with Crippen LogP contribution in [-0.2, 0) is 11.2 Å². The quantitative estimate of drug-likeness (QED) is 0.280. The Balaban J connectivity index is 3.18. The minimum Gasteiger partial charge on any atom is -0.465 e. The highest BCUT2D eigenvalue weighted by Crippen LogP contribution is 2.20. The van der Waals surface area contributed by atoms with Gasteiger partial charge in [0, 0.05) is 24.3 Å². The van der Waals surface area contributed by atoms with Crippen LogP contribution in [0, 0.1) is 10.1 Å². The molecular weight excluding hydrogens is 228 g/mol. The van der Waals surface area contributed by atoms with E-state index in [4.69, 9.17) is 5.21 Å². The van der Waals surface area contributed by atoms with Gasteiger partial charge in [-0.1, -0.05) is 0 Å². The topological polar surface area (TPSA) is 102 Å². The number of nitrogens with zero attached hydrogens (tertiary/aromatic N) is 2. The first-order chi connectivity index (χ1) is 8.10. The van der Waals surface area contributed by atoms with Crippen LogP contribution in [0.15, 0.2) is 23.4 Å². The van der Waals surface area contributed by atoms with Crippen LogP contribution in [0.1, 0.15) is 15.9 Å². The summed E-state index contributed by atoms with van der Waals surface area (Å²) < 4.78 is 4.50. The lowest BCUT2D eigenvalue weighted by Gasteiger charge is -2.03. The molecule has 1 N–H and O–H groups in total. The number of ether oxygens (including phenoxy) is 1. The number of oxime groups is 1. The first kappa shape index (κ1) is 12.6. The van der Waals surface area contributed by atoms with Crippen molar-refractivity contribution in [3.63, 3.8) is 0 Å². The summed E-state index contributed by atoms with van der Waals surface area (Å²) in [6, 6.07) is 3.86. The molecular formula is C10H10N2O5. The zero-order valence-corrected chi connectivity index (χ0v) is 8.99. The van der Waals surface area contributed by atoms with Crippen LogP contribution in [0.4, 0.5) is 5.69 Å². The smallest absolute Gasteiger partial charge is 0.337 e. The standard InChI is InChI=1S/C10H10N2O5/c1-17-10(13)8-2-3-9(12(15)16)7(6-8)4-5-11-14/h2-3,5-6,14H,4H2,1H3. The average molecular weight is 238 g/mol. The maximum Gasteiger partial charge on any atom is 0.337 e. The Morgan fingerprint density at radius 3 is 2.88 bits per heavy atom. The predicted molar refractivity (Wildman–Crippen MR) is 58.4 cm³/mol. The first-order valence-electron chi connectivity index (χ1n) is 4.61. The van der Waals surface area contributed by atoms with E-state index in [9.17, 15) is 14.9 Å². The van der Waals surface area contributed by atoms with Crippen molar-refractivity contribution in [3.05, 3.63) is 39.4 Å². The summed E-state index contributed by atoms with van der Waals surface area (Å²) >= 11 is 0. The minimum absolute atomic E-state index is 0.0532. The second-order valence-corrected chi connectivity index (χ2v) is 3.09. The van der Waals surface area contributed by atoms with Crippen LogP contribution in [-0.4, -0.2) is 29.4 Å². The Hall–Kier alpha value is -2.44. The summed E-state index contributed by atoms with van der Waals surface area (Å²) in [5.74, 6) is -0.581. The summed E-state index contributed by atoms with van der Waals surface area (Å²) in [6.07, 6.45) is 1.15. The first-order valence-corrected chi connectivity index (χ1v) is 4.61. The Morgan fingerprint density at radius 2 is 2.35 bits per heavy atom. The molecule has 0 atom stereocenters. The number of rotatable bonds is 4. The van der Waals surface area contributed by atoms with Crippen molar-refractivity contribution in [2.24, 2.45) is 5.16 Å². The SMILES string of the molecule is COC(=O)c1ccc([N+](=O)[O-])c(CC=NO)c1. The van der Waals surface area contributed by atoms with Crippen LogP contribution in [0.5, 0.6) is 0 Å². The number of nitro groups is 1. The van der Waals surface area contributed by atoms with Gasteiger partial charge in [0.25, 0.3) is 5.69 Å². The lowest BCUT2D eigenvalue weighted by molar-refractivity contribution is -0.385. The molecule has 0 aliphatic rings. The zero-order chi connectivity index (χ0) is 12.8. The van der Waals surface area contributed by atoms with Crippen LogP contribution in [0.2, 0.25) is 0 Å². The lowest BCUT2D eigenvalue weighted by atomic mass is 10.1. The number of carbonyl (C=O) groups excluding carboxylic acids is 1. The molecule has 90 valence electrons. The van der Waals surface area contributed by atoms with Gasteiger partial charge in [-0.3, -0.25) is 10.1 Å². The number of carbonyl (C=O) groups is 1. The molecule has 1 rings (SSSR count). The van der Waals surface area contributed by atoms with Crippen molar-refractivity contribution < 1.29 is 19.7 Å². The van der Waals surface area contributed by atoms with Crippen LogP contribution in [0.3, 0.4) is 0 Å². The zero-order valence-electron chi connectivity index (χ0n) is 8.99. The largest absolute Gasteiger partial charge is 0.465 e. The van der Waals surface area contributed by atoms with Gasteiger partial charge in [0.2, 0.25) is 0 Å². The number of hydrogen-bond acceptors (Lipinski definition) is 6. The highest BCUT2D eigenvalue weighted by atomic mass is 16.6. The Kier molecular flexibility index (Phi) is 4.15. The highest BCUT2D eigenvalue weighted by Gasteiger charge is 2.16. The Bertz CT molecular complexity index is 470. The minimum atomic E-state index is -0.581. The molecule has 0 spiro atoms. The van der Waals surface area contributed by atoms with Gasteiger partial charge < -0.3 is 9.94 Å². The third kappa shape index (κ3) is 3.00. The van der Waals surface area contributed by atoms with E-state index >= 15 is 0 Å². The second kappa shape index (κ2) is 5.59. The van der Waals surface area contributed by atoms with E-state index in [-0.39, 0.29) is 23.2 Å². The van der Waals surface area contributed by atoms with E-state index in [1.807, 2.05) is 0 Å². The molecule has 0 unspecified atom stereocenters. The van der Waals surface area contributed by atoms with Crippen molar-refractivity contribution >= 4 is 17.9 Å². The second-order valence-electron chi connectivity index (χ2n) is 3.09. The molecule has 0 amide bonds. The van der Waals surface area contributed by atoms with Crippen molar-refractivity contribution in [1.29, 1.82) is 0 Å².